The van der Waals surface area contributed by atoms with Crippen LogP contribution in [0, 0.1) is 0 Å². The first-order valence-electron chi connectivity index (χ1n) is 13.2. The lowest BCUT2D eigenvalue weighted by molar-refractivity contribution is 0.0590. The van der Waals surface area contributed by atoms with Crippen LogP contribution in [0.25, 0.3) is 16.4 Å². The minimum atomic E-state index is -0.292. The molecule has 0 saturated carbocycles. The number of anilines is 1. The van der Waals surface area contributed by atoms with Gasteiger partial charge in [0.2, 0.25) is 5.13 Å². The Morgan fingerprint density at radius 2 is 1.93 bits per heavy atom. The fraction of sp³-hybridized carbons (Fsp3) is 0.310. The summed E-state index contributed by atoms with van der Waals surface area (Å²) in [5.74, 6) is 0.661. The van der Waals surface area contributed by atoms with Gasteiger partial charge in [0.1, 0.15) is 5.75 Å². The maximum Gasteiger partial charge on any atom is 0.322 e. The van der Waals surface area contributed by atoms with Crippen molar-refractivity contribution in [2.75, 3.05) is 32.1 Å². The molecule has 4 aromatic rings. The highest BCUT2D eigenvalue weighted by Crippen LogP contribution is 2.32. The Bertz CT molecular complexity index is 1590. The number of nitrogens with one attached hydrogen (secondary N) is 1. The number of nitrogens with zero attached hydrogens (tertiary/aromatic N) is 5. The zero-order chi connectivity index (χ0) is 29.3. The molecule has 0 bridgehead atoms. The average molecular weight is 614 g/mol. The van der Waals surface area contributed by atoms with E-state index >= 15 is 0 Å². The Morgan fingerprint density at radius 1 is 1.15 bits per heavy atom. The van der Waals surface area contributed by atoms with Gasteiger partial charge in [0, 0.05) is 36.6 Å². The lowest BCUT2D eigenvalue weighted by Crippen LogP contribution is -2.56. The van der Waals surface area contributed by atoms with Gasteiger partial charge >= 0.3 is 6.03 Å². The number of hydrogen-bond acceptors (Lipinski definition) is 6. The third kappa shape index (κ3) is 5.91. The molecule has 1 unspecified atom stereocenters. The number of methoxy groups -OCH3 is 1. The molecule has 1 N–H and O–H groups in total. The number of piperazine rings is 1. The van der Waals surface area contributed by atoms with Crippen LogP contribution in [0.4, 0.5) is 10.5 Å². The Hall–Kier alpha value is -3.60. The molecule has 2 aromatic heterocycles. The van der Waals surface area contributed by atoms with Crippen molar-refractivity contribution in [2.45, 2.75) is 32.7 Å². The van der Waals surface area contributed by atoms with Gasteiger partial charge < -0.3 is 19.9 Å². The SMILES string of the molecule is COc1cccc(-c2csc(-n3ncc(C(=O)N4CCN(C(=O)Nc5cccc(Cl)c5Cl)C(C)C4)c3C(C)C)n2)c1. The Morgan fingerprint density at radius 3 is 2.66 bits per heavy atom. The monoisotopic (exact) mass is 612 g/mol. The van der Waals surface area contributed by atoms with Gasteiger partial charge in [0.15, 0.2) is 0 Å². The summed E-state index contributed by atoms with van der Waals surface area (Å²) in [6.45, 7) is 7.13. The van der Waals surface area contributed by atoms with E-state index in [4.69, 9.17) is 32.9 Å². The van der Waals surface area contributed by atoms with Gasteiger partial charge in [-0.25, -0.2) is 14.5 Å². The zero-order valence-corrected chi connectivity index (χ0v) is 25.4. The fourth-order valence-corrected chi connectivity index (χ4v) is 6.06. The van der Waals surface area contributed by atoms with Crippen molar-refractivity contribution in [1.82, 2.24) is 24.6 Å². The van der Waals surface area contributed by atoms with E-state index in [-0.39, 0.29) is 28.9 Å². The Balaban J connectivity index is 1.32. The zero-order valence-electron chi connectivity index (χ0n) is 23.1. The van der Waals surface area contributed by atoms with Crippen LogP contribution in [0.1, 0.15) is 42.7 Å². The van der Waals surface area contributed by atoms with Crippen LogP contribution < -0.4 is 10.1 Å². The van der Waals surface area contributed by atoms with E-state index in [1.54, 1.807) is 46.0 Å². The molecule has 3 amide bonds. The molecule has 41 heavy (non-hydrogen) atoms. The van der Waals surface area contributed by atoms with Gasteiger partial charge in [0.25, 0.3) is 5.91 Å². The summed E-state index contributed by atoms with van der Waals surface area (Å²) in [7, 11) is 1.63. The van der Waals surface area contributed by atoms with Crippen molar-refractivity contribution in [1.29, 1.82) is 0 Å². The summed E-state index contributed by atoms with van der Waals surface area (Å²) in [5, 5.41) is 10.7. The fourth-order valence-electron chi connectivity index (χ4n) is 4.91. The second kappa shape index (κ2) is 12.1. The molecule has 214 valence electrons. The smallest absolute Gasteiger partial charge is 0.322 e. The van der Waals surface area contributed by atoms with Crippen LogP contribution in [0.3, 0.4) is 0 Å². The molecule has 0 aliphatic carbocycles. The van der Waals surface area contributed by atoms with Gasteiger partial charge in [-0.2, -0.15) is 5.10 Å². The molecule has 0 spiro atoms. The van der Waals surface area contributed by atoms with E-state index in [1.165, 1.54) is 11.3 Å². The predicted molar refractivity (Wildman–Crippen MR) is 163 cm³/mol. The van der Waals surface area contributed by atoms with E-state index in [0.29, 0.717) is 41.0 Å². The van der Waals surface area contributed by atoms with Gasteiger partial charge in [-0.3, -0.25) is 4.79 Å². The summed E-state index contributed by atoms with van der Waals surface area (Å²) in [6.07, 6.45) is 1.62. The van der Waals surface area contributed by atoms with Crippen molar-refractivity contribution in [2.24, 2.45) is 0 Å². The number of hydrogen-bond donors (Lipinski definition) is 1. The third-order valence-electron chi connectivity index (χ3n) is 6.99. The van der Waals surface area contributed by atoms with Crippen LogP contribution in [0.5, 0.6) is 5.75 Å². The maximum absolute atomic E-state index is 13.8. The summed E-state index contributed by atoms with van der Waals surface area (Å²) in [5.41, 5.74) is 3.53. The second-order valence-electron chi connectivity index (χ2n) is 10.1. The largest absolute Gasteiger partial charge is 0.497 e. The number of benzene rings is 2. The molecular formula is C29H30Cl2N6O3S. The highest BCUT2D eigenvalue weighted by atomic mass is 35.5. The number of rotatable bonds is 6. The molecule has 1 fully saturated rings. The molecule has 1 atom stereocenters. The number of ether oxygens (including phenoxy) is 1. The lowest BCUT2D eigenvalue weighted by atomic mass is 10.0. The summed E-state index contributed by atoms with van der Waals surface area (Å²) in [6, 6.07) is 12.3. The highest BCUT2D eigenvalue weighted by Gasteiger charge is 2.33. The van der Waals surface area contributed by atoms with Gasteiger partial charge in [0.05, 0.1) is 46.0 Å². The molecule has 1 saturated heterocycles. The number of thiazole rings is 1. The van der Waals surface area contributed by atoms with Gasteiger partial charge in [-0.05, 0) is 37.1 Å². The van der Waals surface area contributed by atoms with E-state index in [0.717, 1.165) is 22.7 Å². The Kier molecular flexibility index (Phi) is 8.53. The van der Waals surface area contributed by atoms with Crippen LogP contribution in [-0.2, 0) is 0 Å². The second-order valence-corrected chi connectivity index (χ2v) is 11.7. The van der Waals surface area contributed by atoms with E-state index in [9.17, 15) is 9.59 Å². The number of halogens is 2. The van der Waals surface area contributed by atoms with Crippen LogP contribution in [0.2, 0.25) is 10.0 Å². The minimum absolute atomic E-state index is 0.0209. The molecule has 1 aliphatic rings. The first kappa shape index (κ1) is 28.9. The lowest BCUT2D eigenvalue weighted by Gasteiger charge is -2.39. The van der Waals surface area contributed by atoms with E-state index < -0.39 is 0 Å². The molecule has 3 heterocycles. The van der Waals surface area contributed by atoms with Gasteiger partial charge in [-0.15, -0.1) is 11.3 Å². The molecule has 9 nitrogen and oxygen atoms in total. The van der Waals surface area contributed by atoms with E-state index in [1.807, 2.05) is 50.4 Å². The molecule has 2 aromatic carbocycles. The number of aromatic nitrogens is 3. The normalized spacial score (nSPS) is 15.3. The van der Waals surface area contributed by atoms with Crippen molar-refractivity contribution >= 4 is 52.2 Å². The number of carbonyl (C=O) groups is 2. The van der Waals surface area contributed by atoms with Crippen molar-refractivity contribution in [3.8, 4) is 22.1 Å². The summed E-state index contributed by atoms with van der Waals surface area (Å²) in [4.78, 5) is 35.1. The number of amides is 3. The van der Waals surface area contributed by atoms with Gasteiger partial charge in [-0.1, -0.05) is 55.2 Å². The molecule has 0 radical (unpaired) electrons. The minimum Gasteiger partial charge on any atom is -0.497 e. The topological polar surface area (TPSA) is 92.6 Å². The van der Waals surface area contributed by atoms with E-state index in [2.05, 4.69) is 10.4 Å². The summed E-state index contributed by atoms with van der Waals surface area (Å²) < 4.78 is 7.11. The van der Waals surface area contributed by atoms with Crippen molar-refractivity contribution in [3.05, 3.63) is 75.3 Å². The molecule has 12 heteroatoms. The quantitative estimate of drug-likeness (QED) is 0.258. The van der Waals surface area contributed by atoms with Crippen molar-refractivity contribution < 1.29 is 14.3 Å². The van der Waals surface area contributed by atoms with Crippen LogP contribution in [0.15, 0.2) is 54.0 Å². The first-order chi connectivity index (χ1) is 19.7. The van der Waals surface area contributed by atoms with Crippen LogP contribution in [-0.4, -0.2) is 69.3 Å². The predicted octanol–water partition coefficient (Wildman–Crippen LogP) is 6.81. The average Bonchev–Trinajstić information content (AvgIpc) is 3.63. The maximum atomic E-state index is 13.8. The highest BCUT2D eigenvalue weighted by molar-refractivity contribution is 7.12. The Labute approximate surface area is 252 Å². The van der Waals surface area contributed by atoms with Crippen molar-refractivity contribution in [3.63, 3.8) is 0 Å². The standard InChI is InChI=1S/C29H30Cl2N6O3S/c1-17(2)26-21(14-32-37(26)29-34-24(16-41-29)19-7-5-8-20(13-19)40-4)27(38)35-11-12-36(18(3)15-35)28(39)33-23-10-6-9-22(30)25(23)31/h5-10,13-14,16-18H,11-12,15H2,1-4H3,(H,33,39). The van der Waals surface area contributed by atoms with Crippen LogP contribution >= 0.6 is 34.5 Å². The number of carbonyl (C=O) groups excluding carboxylic acids is 2. The third-order valence-corrected chi connectivity index (χ3v) is 8.63. The molecule has 5 rings (SSSR count). The summed E-state index contributed by atoms with van der Waals surface area (Å²) >= 11 is 13.8. The molecule has 1 aliphatic heterocycles. The first-order valence-corrected chi connectivity index (χ1v) is 14.8. The molecular weight excluding hydrogens is 583 g/mol. The number of urea groups is 1.